The lowest BCUT2D eigenvalue weighted by atomic mass is 9.87. The van der Waals surface area contributed by atoms with Gasteiger partial charge in [0.05, 0.1) is 6.61 Å². The van der Waals surface area contributed by atoms with Crippen molar-refractivity contribution in [3.63, 3.8) is 0 Å². The maximum absolute atomic E-state index is 13.2. The average molecular weight is 461 g/mol. The summed E-state index contributed by atoms with van der Waals surface area (Å²) in [6, 6.07) is 12.6. The van der Waals surface area contributed by atoms with E-state index < -0.39 is 6.36 Å². The maximum Gasteiger partial charge on any atom is 0.573 e. The molecule has 6 nitrogen and oxygen atoms in total. The van der Waals surface area contributed by atoms with Gasteiger partial charge in [-0.15, -0.1) is 13.2 Å². The lowest BCUT2D eigenvalue weighted by Gasteiger charge is -2.26. The predicted molar refractivity (Wildman–Crippen MR) is 119 cm³/mol. The number of nitrogens with zero attached hydrogens (tertiary/aromatic N) is 1. The number of nitrogens with one attached hydrogen (secondary N) is 1. The Morgan fingerprint density at radius 1 is 1.15 bits per heavy atom. The molecule has 9 heteroatoms. The molecule has 176 valence electrons. The highest BCUT2D eigenvalue weighted by Gasteiger charge is 2.34. The lowest BCUT2D eigenvalue weighted by Crippen LogP contribution is -2.39. The van der Waals surface area contributed by atoms with Crippen molar-refractivity contribution in [2.45, 2.75) is 38.6 Å². The van der Waals surface area contributed by atoms with Crippen LogP contribution in [0.15, 0.2) is 48.5 Å². The molecular weight excluding hydrogens is 435 g/mol. The molecule has 1 aliphatic carbocycles. The molecule has 0 radical (unpaired) electrons. The molecule has 4 N–H and O–H groups in total. The van der Waals surface area contributed by atoms with E-state index in [9.17, 15) is 23.1 Å². The van der Waals surface area contributed by atoms with Gasteiger partial charge in [-0.3, -0.25) is 4.79 Å². The van der Waals surface area contributed by atoms with Crippen molar-refractivity contribution in [3.8, 4) is 5.75 Å². The number of ether oxygens (including phenoxy) is 1. The fourth-order valence-electron chi connectivity index (χ4n) is 4.55. The van der Waals surface area contributed by atoms with Crippen molar-refractivity contribution in [3.05, 3.63) is 59.8 Å². The van der Waals surface area contributed by atoms with Crippen LogP contribution in [0.2, 0.25) is 0 Å². The van der Waals surface area contributed by atoms with Crippen LogP contribution in [-0.4, -0.2) is 35.1 Å². The number of aliphatic hydroxyl groups is 1. The van der Waals surface area contributed by atoms with Gasteiger partial charge in [-0.25, -0.2) is 0 Å². The van der Waals surface area contributed by atoms with E-state index in [2.05, 4.69) is 10.1 Å². The molecular formula is C24H26F3N3O3. The van der Waals surface area contributed by atoms with E-state index in [-0.39, 0.29) is 30.2 Å². The van der Waals surface area contributed by atoms with Gasteiger partial charge in [0.1, 0.15) is 11.4 Å². The molecule has 1 fully saturated rings. The van der Waals surface area contributed by atoms with E-state index in [0.29, 0.717) is 23.5 Å². The Hall–Kier alpha value is -3.20. The summed E-state index contributed by atoms with van der Waals surface area (Å²) in [5.41, 5.74) is 7.78. The Bertz CT molecular complexity index is 1150. The second-order valence-corrected chi connectivity index (χ2v) is 8.68. The molecule has 1 aliphatic rings. The summed E-state index contributed by atoms with van der Waals surface area (Å²) in [7, 11) is 0. The molecule has 0 atom stereocenters. The third-order valence-corrected chi connectivity index (χ3v) is 6.25. The number of benzene rings is 2. The zero-order valence-corrected chi connectivity index (χ0v) is 18.0. The number of aliphatic hydroxyl groups excluding tert-OH is 1. The first-order chi connectivity index (χ1) is 15.7. The molecule has 4 rings (SSSR count). The number of carbonyl (C=O) groups excluding carboxylic acids is 1. The third-order valence-electron chi connectivity index (χ3n) is 6.25. The van der Waals surface area contributed by atoms with Crippen LogP contribution in [0.4, 0.5) is 18.9 Å². The zero-order valence-electron chi connectivity index (χ0n) is 18.0. The number of fused-ring (bicyclic) bond motifs is 1. The van der Waals surface area contributed by atoms with E-state index in [0.717, 1.165) is 36.6 Å². The van der Waals surface area contributed by atoms with E-state index in [4.69, 9.17) is 5.73 Å². The minimum absolute atomic E-state index is 0.0127. The van der Waals surface area contributed by atoms with Crippen LogP contribution in [0.5, 0.6) is 5.75 Å². The molecule has 1 heterocycles. The van der Waals surface area contributed by atoms with Crippen molar-refractivity contribution in [1.29, 1.82) is 0 Å². The molecule has 3 aromatic rings. The number of nitrogens with two attached hydrogens (primary N) is 1. The Morgan fingerprint density at radius 3 is 2.61 bits per heavy atom. The third kappa shape index (κ3) is 5.24. The van der Waals surface area contributed by atoms with Gasteiger partial charge in [0, 0.05) is 35.1 Å². The van der Waals surface area contributed by atoms with Crippen molar-refractivity contribution >= 4 is 22.5 Å². The van der Waals surface area contributed by atoms with E-state index >= 15 is 0 Å². The summed E-state index contributed by atoms with van der Waals surface area (Å²) < 4.78 is 43.7. The highest BCUT2D eigenvalue weighted by molar-refractivity contribution is 5.99. The van der Waals surface area contributed by atoms with Crippen molar-refractivity contribution < 1.29 is 27.8 Å². The van der Waals surface area contributed by atoms with Gasteiger partial charge < -0.3 is 25.5 Å². The van der Waals surface area contributed by atoms with Gasteiger partial charge >= 0.3 is 6.36 Å². The largest absolute Gasteiger partial charge is 0.573 e. The Balaban J connectivity index is 1.64. The van der Waals surface area contributed by atoms with Crippen molar-refractivity contribution in [2.75, 3.05) is 18.9 Å². The average Bonchev–Trinajstić information content (AvgIpc) is 3.36. The van der Waals surface area contributed by atoms with Crippen LogP contribution < -0.4 is 15.8 Å². The van der Waals surface area contributed by atoms with Gasteiger partial charge in [-0.2, -0.15) is 0 Å². The maximum atomic E-state index is 13.2. The summed E-state index contributed by atoms with van der Waals surface area (Å²) in [4.78, 5) is 13.2. The van der Waals surface area contributed by atoms with Gasteiger partial charge in [0.25, 0.3) is 5.91 Å². The fraction of sp³-hybridized carbons (Fsp3) is 0.375. The number of halogens is 3. The second-order valence-electron chi connectivity index (χ2n) is 8.68. The number of aromatic nitrogens is 1. The number of hydrogen-bond acceptors (Lipinski definition) is 4. The standard InChI is InChI=1S/C24H26F3N3O3/c25-24(26,27)33-19-5-3-4-16(10-19)13-30-20-7-6-18(28)11-17(20)12-21(30)22(32)29-14-23(15-31)8-1-2-9-23/h3-7,10-12,31H,1-2,8-9,13-15,28H2,(H,29,32). The molecule has 33 heavy (non-hydrogen) atoms. The number of carbonyl (C=O) groups is 1. The summed E-state index contributed by atoms with van der Waals surface area (Å²) in [6.45, 7) is 0.538. The quantitative estimate of drug-likeness (QED) is 0.454. The van der Waals surface area contributed by atoms with Gasteiger partial charge in [0.15, 0.2) is 0 Å². The summed E-state index contributed by atoms with van der Waals surface area (Å²) in [5, 5.41) is 13.5. The molecule has 2 aromatic carbocycles. The smallest absolute Gasteiger partial charge is 0.406 e. The molecule has 1 saturated carbocycles. The van der Waals surface area contributed by atoms with Gasteiger partial charge in [0.2, 0.25) is 0 Å². The molecule has 1 amide bonds. The molecule has 0 saturated heterocycles. The van der Waals surface area contributed by atoms with Crippen LogP contribution >= 0.6 is 0 Å². The Morgan fingerprint density at radius 2 is 1.91 bits per heavy atom. The lowest BCUT2D eigenvalue weighted by molar-refractivity contribution is -0.274. The zero-order chi connectivity index (χ0) is 23.6. The highest BCUT2D eigenvalue weighted by Crippen LogP contribution is 2.37. The topological polar surface area (TPSA) is 89.5 Å². The van der Waals surface area contributed by atoms with Crippen molar-refractivity contribution in [1.82, 2.24) is 9.88 Å². The monoisotopic (exact) mass is 461 g/mol. The van der Waals surface area contributed by atoms with E-state index in [1.165, 1.54) is 18.2 Å². The molecule has 1 aromatic heterocycles. The van der Waals surface area contributed by atoms with E-state index in [1.807, 2.05) is 0 Å². The van der Waals surface area contributed by atoms with Gasteiger partial charge in [-0.05, 0) is 54.8 Å². The minimum atomic E-state index is -4.79. The SMILES string of the molecule is Nc1ccc2c(c1)cc(C(=O)NCC1(CO)CCCC1)n2Cc1cccc(OC(F)(F)F)c1. The molecule has 0 unspecified atom stereocenters. The number of alkyl halides is 3. The summed E-state index contributed by atoms with van der Waals surface area (Å²) in [5.74, 6) is -0.634. The number of rotatable bonds is 7. The summed E-state index contributed by atoms with van der Waals surface area (Å²) in [6.07, 6.45) is -1.03. The number of hydrogen-bond donors (Lipinski definition) is 3. The van der Waals surface area contributed by atoms with Crippen molar-refractivity contribution in [2.24, 2.45) is 5.41 Å². The normalized spacial score (nSPS) is 15.6. The van der Waals surface area contributed by atoms with Crippen LogP contribution in [0, 0.1) is 5.41 Å². The van der Waals surface area contributed by atoms with Gasteiger partial charge in [-0.1, -0.05) is 25.0 Å². The number of anilines is 1. The van der Waals surface area contributed by atoms with Crippen LogP contribution in [-0.2, 0) is 6.54 Å². The Kier molecular flexibility index (Phi) is 6.25. The predicted octanol–water partition coefficient (Wildman–Crippen LogP) is 4.45. The fourth-order valence-corrected chi connectivity index (χ4v) is 4.55. The van der Waals surface area contributed by atoms with Crippen LogP contribution in [0.1, 0.15) is 41.7 Å². The number of nitrogen functional groups attached to an aromatic ring is 1. The first-order valence-corrected chi connectivity index (χ1v) is 10.8. The molecule has 0 bridgehead atoms. The van der Waals surface area contributed by atoms with E-state index in [1.54, 1.807) is 34.9 Å². The number of amides is 1. The van der Waals surface area contributed by atoms with Crippen LogP contribution in [0.25, 0.3) is 10.9 Å². The first kappa shape index (κ1) is 23.0. The molecule has 0 aliphatic heterocycles. The molecule has 0 spiro atoms. The highest BCUT2D eigenvalue weighted by atomic mass is 19.4. The van der Waals surface area contributed by atoms with Crippen LogP contribution in [0.3, 0.4) is 0 Å². The summed E-state index contributed by atoms with van der Waals surface area (Å²) >= 11 is 0. The first-order valence-electron chi connectivity index (χ1n) is 10.8. The Labute approximate surface area is 189 Å². The second kappa shape index (κ2) is 8.97. The minimum Gasteiger partial charge on any atom is -0.406 e.